The standard InChI is InChI=1S/C13H14ClN3O4/c14-8-3-1-2-4-9(8)16-13(21)17-6-5-15-12(20)10(17)7-11(18)19/h1-4,10H,5-7H2,(H,15,20)(H,16,21)(H,18,19). The van der Waals surface area contributed by atoms with Gasteiger partial charge in [0.2, 0.25) is 5.91 Å². The van der Waals surface area contributed by atoms with Gasteiger partial charge >= 0.3 is 12.0 Å². The van der Waals surface area contributed by atoms with E-state index in [0.717, 1.165) is 0 Å². The molecule has 1 aromatic rings. The summed E-state index contributed by atoms with van der Waals surface area (Å²) in [6, 6.07) is 5.09. The van der Waals surface area contributed by atoms with Crippen LogP contribution < -0.4 is 10.6 Å². The number of anilines is 1. The van der Waals surface area contributed by atoms with Gasteiger partial charge in [0.1, 0.15) is 6.04 Å². The first-order valence-corrected chi connectivity index (χ1v) is 6.68. The van der Waals surface area contributed by atoms with Crippen LogP contribution in [0.2, 0.25) is 5.02 Å². The number of carbonyl (C=O) groups excluding carboxylic acids is 2. The lowest BCUT2D eigenvalue weighted by atomic mass is 10.1. The van der Waals surface area contributed by atoms with Crippen LogP contribution in [-0.2, 0) is 9.59 Å². The fourth-order valence-electron chi connectivity index (χ4n) is 2.08. The number of piperazine rings is 1. The first-order chi connectivity index (χ1) is 9.99. The third-order valence-electron chi connectivity index (χ3n) is 3.08. The van der Waals surface area contributed by atoms with Gasteiger partial charge in [-0.3, -0.25) is 9.59 Å². The Kier molecular flexibility index (Phi) is 4.64. The zero-order valence-electron chi connectivity index (χ0n) is 11.0. The van der Waals surface area contributed by atoms with Gasteiger partial charge < -0.3 is 20.6 Å². The molecule has 21 heavy (non-hydrogen) atoms. The monoisotopic (exact) mass is 311 g/mol. The summed E-state index contributed by atoms with van der Waals surface area (Å²) in [7, 11) is 0. The highest BCUT2D eigenvalue weighted by Crippen LogP contribution is 2.21. The maximum atomic E-state index is 12.2. The second-order valence-corrected chi connectivity index (χ2v) is 4.92. The Hall–Kier alpha value is -2.28. The number of aliphatic carboxylic acids is 1. The number of halogens is 1. The number of nitrogens with one attached hydrogen (secondary N) is 2. The summed E-state index contributed by atoms with van der Waals surface area (Å²) >= 11 is 5.95. The molecule has 3 N–H and O–H groups in total. The molecule has 1 atom stereocenters. The molecule has 1 aliphatic rings. The molecule has 0 radical (unpaired) electrons. The molecule has 1 aliphatic heterocycles. The molecular weight excluding hydrogens is 298 g/mol. The van der Waals surface area contributed by atoms with Gasteiger partial charge in [0.25, 0.3) is 0 Å². The van der Waals surface area contributed by atoms with Gasteiger partial charge in [-0.05, 0) is 12.1 Å². The van der Waals surface area contributed by atoms with Crippen LogP contribution in [0.3, 0.4) is 0 Å². The number of carboxylic acids is 1. The molecule has 1 fully saturated rings. The largest absolute Gasteiger partial charge is 0.481 e. The maximum absolute atomic E-state index is 12.2. The zero-order chi connectivity index (χ0) is 15.4. The number of amides is 3. The lowest BCUT2D eigenvalue weighted by molar-refractivity contribution is -0.142. The molecule has 0 aromatic heterocycles. The molecule has 0 saturated carbocycles. The number of carbonyl (C=O) groups is 3. The van der Waals surface area contributed by atoms with Crippen molar-refractivity contribution in [3.8, 4) is 0 Å². The minimum absolute atomic E-state index is 0.236. The SMILES string of the molecule is O=C(O)CC1C(=O)NCCN1C(=O)Nc1ccccc1Cl. The van der Waals surface area contributed by atoms with Crippen LogP contribution in [0.1, 0.15) is 6.42 Å². The molecule has 8 heteroatoms. The van der Waals surface area contributed by atoms with Gasteiger partial charge in [-0.15, -0.1) is 0 Å². The fraction of sp³-hybridized carbons (Fsp3) is 0.308. The summed E-state index contributed by atoms with van der Waals surface area (Å²) in [6.07, 6.45) is -0.443. The predicted octanol–water partition coefficient (Wildman–Crippen LogP) is 1.15. The van der Waals surface area contributed by atoms with Gasteiger partial charge in [0.05, 0.1) is 17.1 Å². The van der Waals surface area contributed by atoms with Crippen LogP contribution in [0, 0.1) is 0 Å². The number of para-hydroxylation sites is 1. The van der Waals surface area contributed by atoms with Crippen LogP contribution in [0.15, 0.2) is 24.3 Å². The minimum Gasteiger partial charge on any atom is -0.481 e. The van der Waals surface area contributed by atoms with Crippen molar-refractivity contribution in [2.24, 2.45) is 0 Å². The van der Waals surface area contributed by atoms with Gasteiger partial charge in [0.15, 0.2) is 0 Å². The van der Waals surface area contributed by atoms with Crippen LogP contribution in [-0.4, -0.2) is 47.0 Å². The van der Waals surface area contributed by atoms with Crippen molar-refractivity contribution >= 4 is 35.2 Å². The van der Waals surface area contributed by atoms with E-state index in [2.05, 4.69) is 10.6 Å². The second kappa shape index (κ2) is 6.45. The third kappa shape index (κ3) is 3.63. The Labute approximate surface area is 125 Å². The molecule has 0 aliphatic carbocycles. The van der Waals surface area contributed by atoms with E-state index in [-0.39, 0.29) is 13.1 Å². The van der Waals surface area contributed by atoms with Crippen LogP contribution in [0.5, 0.6) is 0 Å². The molecule has 1 heterocycles. The minimum atomic E-state index is -1.15. The number of hydrogen-bond acceptors (Lipinski definition) is 3. The smallest absolute Gasteiger partial charge is 0.322 e. The van der Waals surface area contributed by atoms with Crippen molar-refractivity contribution < 1.29 is 19.5 Å². The number of carboxylic acid groups (broad SMARTS) is 1. The van der Waals surface area contributed by atoms with Crippen LogP contribution in [0.25, 0.3) is 0 Å². The molecule has 112 valence electrons. The summed E-state index contributed by atoms with van der Waals surface area (Å²) in [4.78, 5) is 36.0. The Morgan fingerprint density at radius 3 is 2.81 bits per heavy atom. The Morgan fingerprint density at radius 1 is 1.43 bits per heavy atom. The van der Waals surface area contributed by atoms with E-state index in [4.69, 9.17) is 16.7 Å². The van der Waals surface area contributed by atoms with Crippen molar-refractivity contribution in [1.82, 2.24) is 10.2 Å². The predicted molar refractivity (Wildman–Crippen MR) is 76.2 cm³/mol. The number of urea groups is 1. The average Bonchev–Trinajstić information content (AvgIpc) is 2.43. The topological polar surface area (TPSA) is 98.7 Å². The van der Waals surface area contributed by atoms with E-state index in [9.17, 15) is 14.4 Å². The molecule has 1 aromatic carbocycles. The lowest BCUT2D eigenvalue weighted by Gasteiger charge is -2.34. The second-order valence-electron chi connectivity index (χ2n) is 4.51. The molecule has 0 bridgehead atoms. The van der Waals surface area contributed by atoms with Gasteiger partial charge in [-0.2, -0.15) is 0 Å². The van der Waals surface area contributed by atoms with Crippen molar-refractivity contribution in [1.29, 1.82) is 0 Å². The van der Waals surface area contributed by atoms with E-state index in [1.54, 1.807) is 24.3 Å². The Bertz CT molecular complexity index is 578. The van der Waals surface area contributed by atoms with Crippen molar-refractivity contribution in [3.05, 3.63) is 29.3 Å². The molecular formula is C13H14ClN3O4. The lowest BCUT2D eigenvalue weighted by Crippen LogP contribution is -2.58. The number of rotatable bonds is 3. The number of hydrogen-bond donors (Lipinski definition) is 3. The quantitative estimate of drug-likeness (QED) is 0.779. The van der Waals surface area contributed by atoms with E-state index in [1.165, 1.54) is 4.90 Å². The van der Waals surface area contributed by atoms with Crippen molar-refractivity contribution in [2.45, 2.75) is 12.5 Å². The fourth-order valence-corrected chi connectivity index (χ4v) is 2.26. The van der Waals surface area contributed by atoms with E-state index >= 15 is 0 Å². The molecule has 0 spiro atoms. The van der Waals surface area contributed by atoms with Gasteiger partial charge in [-0.25, -0.2) is 4.79 Å². The van der Waals surface area contributed by atoms with E-state index < -0.39 is 30.4 Å². The summed E-state index contributed by atoms with van der Waals surface area (Å²) in [6.45, 7) is 0.519. The van der Waals surface area contributed by atoms with Crippen LogP contribution in [0.4, 0.5) is 10.5 Å². The van der Waals surface area contributed by atoms with Crippen molar-refractivity contribution in [2.75, 3.05) is 18.4 Å². The third-order valence-corrected chi connectivity index (χ3v) is 3.40. The summed E-state index contributed by atoms with van der Waals surface area (Å²) in [5.74, 6) is -1.62. The summed E-state index contributed by atoms with van der Waals surface area (Å²) < 4.78 is 0. The Balaban J connectivity index is 2.14. The normalized spacial score (nSPS) is 18.0. The highest BCUT2D eigenvalue weighted by Gasteiger charge is 2.34. The van der Waals surface area contributed by atoms with E-state index in [1.807, 2.05) is 0 Å². The molecule has 2 rings (SSSR count). The number of benzene rings is 1. The average molecular weight is 312 g/mol. The summed E-state index contributed by atoms with van der Waals surface area (Å²) in [5, 5.41) is 14.4. The highest BCUT2D eigenvalue weighted by molar-refractivity contribution is 6.33. The first kappa shape index (κ1) is 15.1. The maximum Gasteiger partial charge on any atom is 0.322 e. The summed E-state index contributed by atoms with van der Waals surface area (Å²) in [5.41, 5.74) is 0.407. The Morgan fingerprint density at radius 2 is 2.14 bits per heavy atom. The number of nitrogens with zero attached hydrogens (tertiary/aromatic N) is 1. The first-order valence-electron chi connectivity index (χ1n) is 6.30. The molecule has 1 unspecified atom stereocenters. The van der Waals surface area contributed by atoms with Crippen LogP contribution >= 0.6 is 11.6 Å². The van der Waals surface area contributed by atoms with Gasteiger partial charge in [0, 0.05) is 13.1 Å². The zero-order valence-corrected chi connectivity index (χ0v) is 11.8. The van der Waals surface area contributed by atoms with Crippen molar-refractivity contribution in [3.63, 3.8) is 0 Å². The molecule has 3 amide bonds. The van der Waals surface area contributed by atoms with E-state index in [0.29, 0.717) is 10.7 Å². The highest BCUT2D eigenvalue weighted by atomic mass is 35.5. The molecule has 7 nitrogen and oxygen atoms in total. The molecule has 1 saturated heterocycles. The van der Waals surface area contributed by atoms with Gasteiger partial charge in [-0.1, -0.05) is 23.7 Å².